The van der Waals surface area contributed by atoms with E-state index in [4.69, 9.17) is 15.0 Å². The highest BCUT2D eigenvalue weighted by atomic mass is 32.1. The number of hydrogen-bond acceptors (Lipinski definition) is 4. The van der Waals surface area contributed by atoms with E-state index in [2.05, 4.69) is 140 Å². The van der Waals surface area contributed by atoms with Crippen LogP contribution in [0.5, 0.6) is 0 Å². The largest absolute Gasteiger partial charge is 0.247 e. The van der Waals surface area contributed by atoms with Crippen LogP contribution in [0, 0.1) is 0 Å². The molecule has 0 saturated heterocycles. The van der Waals surface area contributed by atoms with E-state index in [9.17, 15) is 0 Å². The molecule has 0 amide bonds. The zero-order valence-electron chi connectivity index (χ0n) is 25.3. The molecule has 9 rings (SSSR count). The third-order valence-corrected chi connectivity index (χ3v) is 9.89. The molecule has 0 aliphatic rings. The predicted molar refractivity (Wildman–Crippen MR) is 197 cm³/mol. The van der Waals surface area contributed by atoms with E-state index in [-0.39, 0.29) is 0 Å². The summed E-state index contributed by atoms with van der Waals surface area (Å²) in [4.78, 5) is 15.7. The van der Waals surface area contributed by atoms with Crippen molar-refractivity contribution in [3.63, 3.8) is 0 Å². The Kier molecular flexibility index (Phi) is 6.65. The average Bonchev–Trinajstić information content (AvgIpc) is 3.55. The Balaban J connectivity index is 1.30. The Hall–Kier alpha value is -5.97. The summed E-state index contributed by atoms with van der Waals surface area (Å²) in [5.74, 6) is 0.698. The highest BCUT2D eigenvalue weighted by Crippen LogP contribution is 2.45. The summed E-state index contributed by atoms with van der Waals surface area (Å²) in [5.41, 5.74) is 10.3. The van der Waals surface area contributed by atoms with Crippen molar-refractivity contribution in [1.82, 2.24) is 15.0 Å². The van der Waals surface area contributed by atoms with Crippen LogP contribution in [0.4, 0.5) is 0 Å². The zero-order chi connectivity index (χ0) is 31.2. The van der Waals surface area contributed by atoms with Gasteiger partial charge in [-0.15, -0.1) is 11.3 Å². The van der Waals surface area contributed by atoms with Gasteiger partial charge >= 0.3 is 0 Å². The smallest absolute Gasteiger partial charge is 0.160 e. The van der Waals surface area contributed by atoms with Gasteiger partial charge in [0.2, 0.25) is 0 Å². The molecule has 0 saturated carbocycles. The number of nitrogens with zero attached hydrogens (tertiary/aromatic N) is 3. The minimum Gasteiger partial charge on any atom is -0.247 e. The Morgan fingerprint density at radius 1 is 0.404 bits per heavy atom. The van der Waals surface area contributed by atoms with Crippen molar-refractivity contribution < 1.29 is 0 Å². The van der Waals surface area contributed by atoms with Crippen LogP contribution < -0.4 is 0 Å². The molecule has 3 nitrogen and oxygen atoms in total. The van der Waals surface area contributed by atoms with Crippen LogP contribution in [0.15, 0.2) is 164 Å². The molecular formula is C43H27N3S. The van der Waals surface area contributed by atoms with Gasteiger partial charge in [-0.05, 0) is 29.3 Å². The van der Waals surface area contributed by atoms with Gasteiger partial charge in [-0.2, -0.15) is 0 Å². The summed E-state index contributed by atoms with van der Waals surface area (Å²) in [6.07, 6.45) is 0. The molecule has 0 N–H and O–H groups in total. The first-order chi connectivity index (χ1) is 23.3. The van der Waals surface area contributed by atoms with Gasteiger partial charge in [-0.1, -0.05) is 146 Å². The first kappa shape index (κ1) is 27.3. The summed E-state index contributed by atoms with van der Waals surface area (Å²) in [5, 5.41) is 3.53. The summed E-state index contributed by atoms with van der Waals surface area (Å²) < 4.78 is 2.47. The number of rotatable bonds is 5. The van der Waals surface area contributed by atoms with Gasteiger partial charge in [0.25, 0.3) is 0 Å². The molecule has 3 aromatic heterocycles. The lowest BCUT2D eigenvalue weighted by Crippen LogP contribution is -1.97. The van der Waals surface area contributed by atoms with Gasteiger partial charge in [-0.25, -0.2) is 15.0 Å². The first-order valence-electron chi connectivity index (χ1n) is 15.7. The average molecular weight is 618 g/mol. The first-order valence-corrected chi connectivity index (χ1v) is 16.5. The van der Waals surface area contributed by atoms with E-state index in [0.29, 0.717) is 5.82 Å². The topological polar surface area (TPSA) is 38.7 Å². The Bertz CT molecular complexity index is 2540. The van der Waals surface area contributed by atoms with Crippen LogP contribution in [0.2, 0.25) is 0 Å². The molecule has 0 bridgehead atoms. The number of thiophene rings is 1. The maximum Gasteiger partial charge on any atom is 0.160 e. The molecule has 220 valence electrons. The van der Waals surface area contributed by atoms with Crippen LogP contribution in [0.1, 0.15) is 0 Å². The summed E-state index contributed by atoms with van der Waals surface area (Å²) in [6, 6.07) is 57.0. The van der Waals surface area contributed by atoms with E-state index in [0.717, 1.165) is 50.2 Å². The maximum absolute atomic E-state index is 5.35. The fourth-order valence-electron chi connectivity index (χ4n) is 6.44. The standard InChI is InChI=1S/C43H27N3S/c1-4-13-28(14-5-1)29-23-25-30(26-24-29)36-27-37(46-43(45-36)32-17-8-3-9-18-32)33-20-12-21-35-39(33)42-40(34-19-10-11-22-38(34)47-42)41(44-35)31-15-6-2-7-16-31/h1-27H. The monoisotopic (exact) mass is 617 g/mol. The molecular weight excluding hydrogens is 591 g/mol. The quantitative estimate of drug-likeness (QED) is 0.193. The van der Waals surface area contributed by atoms with Crippen molar-refractivity contribution in [3.05, 3.63) is 164 Å². The number of pyridine rings is 1. The lowest BCUT2D eigenvalue weighted by atomic mass is 9.98. The molecule has 0 atom stereocenters. The number of fused-ring (bicyclic) bond motifs is 5. The predicted octanol–water partition coefficient (Wildman–Crippen LogP) is 11.7. The number of benzene rings is 6. The third kappa shape index (κ3) is 4.87. The van der Waals surface area contributed by atoms with Gasteiger partial charge in [0.05, 0.1) is 22.6 Å². The summed E-state index contributed by atoms with van der Waals surface area (Å²) in [7, 11) is 0. The second-order valence-electron chi connectivity index (χ2n) is 11.6. The van der Waals surface area contributed by atoms with Crippen molar-refractivity contribution in [2.45, 2.75) is 0 Å². The highest BCUT2D eigenvalue weighted by molar-refractivity contribution is 7.26. The second-order valence-corrected chi connectivity index (χ2v) is 12.7. The van der Waals surface area contributed by atoms with Crippen LogP contribution in [-0.2, 0) is 0 Å². The number of aromatic nitrogens is 3. The van der Waals surface area contributed by atoms with Crippen molar-refractivity contribution in [2.75, 3.05) is 0 Å². The number of hydrogen-bond donors (Lipinski definition) is 0. The lowest BCUT2D eigenvalue weighted by molar-refractivity contribution is 1.18. The fraction of sp³-hybridized carbons (Fsp3) is 0. The minimum atomic E-state index is 0.698. The van der Waals surface area contributed by atoms with Gasteiger partial charge in [0, 0.05) is 47.8 Å². The molecule has 3 heterocycles. The molecule has 0 fully saturated rings. The summed E-state index contributed by atoms with van der Waals surface area (Å²) in [6.45, 7) is 0. The highest BCUT2D eigenvalue weighted by Gasteiger charge is 2.20. The Morgan fingerprint density at radius 3 is 1.74 bits per heavy atom. The zero-order valence-corrected chi connectivity index (χ0v) is 26.2. The summed E-state index contributed by atoms with van der Waals surface area (Å²) >= 11 is 1.83. The molecule has 0 spiro atoms. The molecule has 0 unspecified atom stereocenters. The fourth-order valence-corrected chi connectivity index (χ4v) is 7.71. The second kappa shape index (κ2) is 11.4. The van der Waals surface area contributed by atoms with Crippen molar-refractivity contribution in [3.8, 4) is 56.3 Å². The molecule has 6 aromatic carbocycles. The van der Waals surface area contributed by atoms with Crippen LogP contribution in [0.25, 0.3) is 87.4 Å². The minimum absolute atomic E-state index is 0.698. The van der Waals surface area contributed by atoms with Crippen LogP contribution >= 0.6 is 11.3 Å². The van der Waals surface area contributed by atoms with Crippen molar-refractivity contribution in [1.29, 1.82) is 0 Å². The van der Waals surface area contributed by atoms with Crippen molar-refractivity contribution in [2.24, 2.45) is 0 Å². The van der Waals surface area contributed by atoms with E-state index >= 15 is 0 Å². The molecule has 0 radical (unpaired) electrons. The Morgan fingerprint density at radius 2 is 1.00 bits per heavy atom. The maximum atomic E-state index is 5.35. The molecule has 47 heavy (non-hydrogen) atoms. The van der Waals surface area contributed by atoms with Gasteiger partial charge < -0.3 is 0 Å². The van der Waals surface area contributed by atoms with Gasteiger partial charge in [-0.3, -0.25) is 0 Å². The van der Waals surface area contributed by atoms with E-state index in [1.54, 1.807) is 0 Å². The van der Waals surface area contributed by atoms with Crippen molar-refractivity contribution >= 4 is 42.4 Å². The van der Waals surface area contributed by atoms with E-state index < -0.39 is 0 Å². The molecule has 0 aliphatic carbocycles. The third-order valence-electron chi connectivity index (χ3n) is 8.70. The van der Waals surface area contributed by atoms with Crippen LogP contribution in [-0.4, -0.2) is 15.0 Å². The van der Waals surface area contributed by atoms with Gasteiger partial charge in [0.15, 0.2) is 5.82 Å². The lowest BCUT2D eigenvalue weighted by Gasteiger charge is -2.13. The molecule has 4 heteroatoms. The Labute approximate surface area is 276 Å². The SMILES string of the molecule is c1ccc(-c2ccc(-c3cc(-c4cccc5nc(-c6ccccc6)c6c7ccccc7sc6c45)nc(-c4ccccc4)n3)cc2)cc1. The van der Waals surface area contributed by atoms with Crippen LogP contribution in [0.3, 0.4) is 0 Å². The van der Waals surface area contributed by atoms with Gasteiger partial charge in [0.1, 0.15) is 0 Å². The van der Waals surface area contributed by atoms with E-state index in [1.165, 1.54) is 31.3 Å². The van der Waals surface area contributed by atoms with E-state index in [1.807, 2.05) is 35.6 Å². The molecule has 9 aromatic rings. The normalized spacial score (nSPS) is 11.4. The molecule has 0 aliphatic heterocycles.